The van der Waals surface area contributed by atoms with Gasteiger partial charge in [-0.15, -0.1) is 0 Å². The molecule has 88 valence electrons. The molecule has 0 heterocycles. The Morgan fingerprint density at radius 3 is 2.81 bits per heavy atom. The summed E-state index contributed by atoms with van der Waals surface area (Å²) < 4.78 is 5.89. The molecule has 0 saturated carbocycles. The molecule has 0 radical (unpaired) electrons. The Morgan fingerprint density at radius 1 is 1.38 bits per heavy atom. The van der Waals surface area contributed by atoms with Crippen molar-refractivity contribution in [3.8, 4) is 0 Å². The fourth-order valence-corrected chi connectivity index (χ4v) is 2.44. The van der Waals surface area contributed by atoms with E-state index in [9.17, 15) is 4.79 Å². The van der Waals surface area contributed by atoms with Crippen LogP contribution in [0.4, 0.5) is 0 Å². The van der Waals surface area contributed by atoms with Crippen molar-refractivity contribution >= 4 is 5.78 Å². The van der Waals surface area contributed by atoms with Crippen LogP contribution >= 0.6 is 0 Å². The smallest absolute Gasteiger partial charge is 0.159 e. The van der Waals surface area contributed by atoms with Gasteiger partial charge in [-0.1, -0.05) is 19.9 Å². The van der Waals surface area contributed by atoms with E-state index in [0.29, 0.717) is 6.42 Å². The highest BCUT2D eigenvalue weighted by Crippen LogP contribution is 2.35. The summed E-state index contributed by atoms with van der Waals surface area (Å²) in [6.45, 7) is 4.25. The van der Waals surface area contributed by atoms with E-state index in [4.69, 9.17) is 4.74 Å². The maximum atomic E-state index is 11.6. The summed E-state index contributed by atoms with van der Waals surface area (Å²) in [6.07, 6.45) is 11.1. The lowest BCUT2D eigenvalue weighted by Gasteiger charge is -2.30. The van der Waals surface area contributed by atoms with Crippen LogP contribution in [0.1, 0.15) is 46.0 Å². The summed E-state index contributed by atoms with van der Waals surface area (Å²) in [5.41, 5.74) is 0.0551. The molecule has 0 fully saturated rings. The molecule has 1 unspecified atom stereocenters. The number of ether oxygens (including phenoxy) is 1. The van der Waals surface area contributed by atoms with Crippen molar-refractivity contribution in [1.29, 1.82) is 0 Å². The third-order valence-electron chi connectivity index (χ3n) is 3.14. The quantitative estimate of drug-likeness (QED) is 0.667. The summed E-state index contributed by atoms with van der Waals surface area (Å²) in [7, 11) is 0. The largest absolute Gasteiger partial charge is 0.491 e. The average molecular weight is 220 g/mol. The van der Waals surface area contributed by atoms with E-state index >= 15 is 0 Å². The minimum atomic E-state index is 0.0551. The fourth-order valence-electron chi connectivity index (χ4n) is 2.44. The van der Waals surface area contributed by atoms with E-state index in [1.807, 2.05) is 0 Å². The SMILES string of the molecule is CC1(C)CC(=O)C=C(OC2C=CCCC2)C1. The van der Waals surface area contributed by atoms with E-state index in [1.165, 1.54) is 6.42 Å². The highest BCUT2D eigenvalue weighted by molar-refractivity contribution is 5.91. The van der Waals surface area contributed by atoms with Crippen molar-refractivity contribution in [3.63, 3.8) is 0 Å². The zero-order valence-corrected chi connectivity index (χ0v) is 10.2. The van der Waals surface area contributed by atoms with Crippen LogP contribution in [-0.2, 0) is 9.53 Å². The lowest BCUT2D eigenvalue weighted by atomic mass is 9.79. The predicted octanol–water partition coefficient (Wildman–Crippen LogP) is 3.38. The molecule has 16 heavy (non-hydrogen) atoms. The van der Waals surface area contributed by atoms with Crippen LogP contribution in [-0.4, -0.2) is 11.9 Å². The Balaban J connectivity index is 2.01. The molecular weight excluding hydrogens is 200 g/mol. The van der Waals surface area contributed by atoms with E-state index in [0.717, 1.165) is 25.0 Å². The molecule has 0 bridgehead atoms. The van der Waals surface area contributed by atoms with E-state index in [1.54, 1.807) is 6.08 Å². The standard InChI is InChI=1S/C14H20O2/c1-14(2)9-11(15)8-13(10-14)16-12-6-4-3-5-7-12/h4,6,8,12H,3,5,7,9-10H2,1-2H3. The second kappa shape index (κ2) is 4.44. The van der Waals surface area contributed by atoms with Gasteiger partial charge in [-0.3, -0.25) is 4.79 Å². The molecule has 0 aromatic rings. The minimum absolute atomic E-state index is 0.0551. The highest BCUT2D eigenvalue weighted by atomic mass is 16.5. The number of rotatable bonds is 2. The summed E-state index contributed by atoms with van der Waals surface area (Å²) in [5, 5.41) is 0. The number of carbonyl (C=O) groups excluding carboxylic acids is 1. The van der Waals surface area contributed by atoms with Crippen LogP contribution < -0.4 is 0 Å². The van der Waals surface area contributed by atoms with Crippen LogP contribution in [0.25, 0.3) is 0 Å². The molecule has 0 aromatic heterocycles. The third-order valence-corrected chi connectivity index (χ3v) is 3.14. The minimum Gasteiger partial charge on any atom is -0.491 e. The van der Waals surface area contributed by atoms with Crippen molar-refractivity contribution < 1.29 is 9.53 Å². The van der Waals surface area contributed by atoms with Crippen LogP contribution in [0.2, 0.25) is 0 Å². The van der Waals surface area contributed by atoms with Crippen LogP contribution in [0, 0.1) is 5.41 Å². The molecule has 0 aliphatic heterocycles. The average Bonchev–Trinajstić information content (AvgIpc) is 2.15. The van der Waals surface area contributed by atoms with Crippen molar-refractivity contribution in [3.05, 3.63) is 24.0 Å². The van der Waals surface area contributed by atoms with Gasteiger partial charge in [-0.2, -0.15) is 0 Å². The topological polar surface area (TPSA) is 26.3 Å². The first-order chi connectivity index (χ1) is 7.55. The molecule has 0 aromatic carbocycles. The van der Waals surface area contributed by atoms with Gasteiger partial charge in [-0.05, 0) is 30.8 Å². The first-order valence-corrected chi connectivity index (χ1v) is 6.12. The zero-order chi connectivity index (χ0) is 11.6. The summed E-state index contributed by atoms with van der Waals surface area (Å²) in [6, 6.07) is 0. The van der Waals surface area contributed by atoms with E-state index in [2.05, 4.69) is 26.0 Å². The molecule has 2 nitrogen and oxygen atoms in total. The van der Waals surface area contributed by atoms with Gasteiger partial charge in [0.1, 0.15) is 11.9 Å². The van der Waals surface area contributed by atoms with Gasteiger partial charge in [0.2, 0.25) is 0 Å². The lowest BCUT2D eigenvalue weighted by Crippen LogP contribution is -2.24. The molecular formula is C14H20O2. The molecule has 2 aliphatic rings. The number of hydrogen-bond acceptors (Lipinski definition) is 2. The van der Waals surface area contributed by atoms with Gasteiger partial charge in [0.05, 0.1) is 0 Å². The normalized spacial score (nSPS) is 28.8. The molecule has 0 saturated heterocycles. The molecule has 0 spiro atoms. The van der Waals surface area contributed by atoms with Crippen molar-refractivity contribution in [2.75, 3.05) is 0 Å². The summed E-state index contributed by atoms with van der Waals surface area (Å²) in [4.78, 5) is 11.6. The van der Waals surface area contributed by atoms with Crippen molar-refractivity contribution in [2.45, 2.75) is 52.1 Å². The molecule has 0 amide bonds. The lowest BCUT2D eigenvalue weighted by molar-refractivity contribution is -0.117. The van der Waals surface area contributed by atoms with Gasteiger partial charge in [0.15, 0.2) is 5.78 Å². The van der Waals surface area contributed by atoms with Gasteiger partial charge in [0.25, 0.3) is 0 Å². The Bertz CT molecular complexity index is 337. The maximum Gasteiger partial charge on any atom is 0.159 e. The number of hydrogen-bond donors (Lipinski definition) is 0. The Labute approximate surface area is 97.4 Å². The summed E-state index contributed by atoms with van der Waals surface area (Å²) in [5.74, 6) is 1.07. The second-order valence-corrected chi connectivity index (χ2v) is 5.61. The van der Waals surface area contributed by atoms with Crippen molar-refractivity contribution in [1.82, 2.24) is 0 Å². The first kappa shape index (κ1) is 11.4. The van der Waals surface area contributed by atoms with Gasteiger partial charge in [-0.25, -0.2) is 0 Å². The van der Waals surface area contributed by atoms with Crippen LogP contribution in [0.5, 0.6) is 0 Å². The Morgan fingerprint density at radius 2 is 2.19 bits per heavy atom. The van der Waals surface area contributed by atoms with Gasteiger partial charge < -0.3 is 4.74 Å². The number of ketones is 1. The first-order valence-electron chi connectivity index (χ1n) is 6.12. The maximum absolute atomic E-state index is 11.6. The van der Waals surface area contributed by atoms with E-state index in [-0.39, 0.29) is 17.3 Å². The van der Waals surface area contributed by atoms with Crippen LogP contribution in [0.15, 0.2) is 24.0 Å². The number of carbonyl (C=O) groups is 1. The molecule has 2 aliphatic carbocycles. The second-order valence-electron chi connectivity index (χ2n) is 5.61. The fraction of sp³-hybridized carbons (Fsp3) is 0.643. The van der Waals surface area contributed by atoms with Crippen molar-refractivity contribution in [2.24, 2.45) is 5.41 Å². The monoisotopic (exact) mass is 220 g/mol. The molecule has 0 N–H and O–H groups in total. The van der Waals surface area contributed by atoms with Gasteiger partial charge in [0, 0.05) is 18.9 Å². The zero-order valence-electron chi connectivity index (χ0n) is 10.2. The highest BCUT2D eigenvalue weighted by Gasteiger charge is 2.29. The van der Waals surface area contributed by atoms with Crippen LogP contribution in [0.3, 0.4) is 0 Å². The molecule has 2 rings (SSSR count). The summed E-state index contributed by atoms with van der Waals surface area (Å²) >= 11 is 0. The molecule has 2 heteroatoms. The Hall–Kier alpha value is -1.05. The van der Waals surface area contributed by atoms with Gasteiger partial charge >= 0.3 is 0 Å². The van der Waals surface area contributed by atoms with E-state index < -0.39 is 0 Å². The molecule has 1 atom stereocenters. The predicted molar refractivity (Wildman–Crippen MR) is 64.0 cm³/mol. The number of allylic oxidation sites excluding steroid dienone is 3. The third kappa shape index (κ3) is 2.97. The Kier molecular flexibility index (Phi) is 3.17.